The SMILES string of the molecule is COc1ccccc1OCC(=O)N/N=C/c1cn(CC#N)c2ccccc12. The number of carbonyl (C=O) groups is 1. The van der Waals surface area contributed by atoms with Crippen LogP contribution in [0, 0.1) is 11.3 Å². The Morgan fingerprint density at radius 2 is 1.96 bits per heavy atom. The molecule has 0 unspecified atom stereocenters. The molecule has 1 aromatic heterocycles. The van der Waals surface area contributed by atoms with Gasteiger partial charge in [-0.2, -0.15) is 10.4 Å². The van der Waals surface area contributed by atoms with Gasteiger partial charge in [0.05, 0.1) is 19.4 Å². The number of aromatic nitrogens is 1. The molecule has 1 N–H and O–H groups in total. The van der Waals surface area contributed by atoms with E-state index in [2.05, 4.69) is 16.6 Å². The topological polar surface area (TPSA) is 88.6 Å². The number of nitrogens with zero attached hydrogens (tertiary/aromatic N) is 3. The van der Waals surface area contributed by atoms with Gasteiger partial charge in [-0.15, -0.1) is 0 Å². The molecule has 0 radical (unpaired) electrons. The van der Waals surface area contributed by atoms with Crippen LogP contribution < -0.4 is 14.9 Å². The Labute approximate surface area is 156 Å². The minimum atomic E-state index is -0.391. The Morgan fingerprint density at radius 3 is 2.74 bits per heavy atom. The van der Waals surface area contributed by atoms with E-state index in [4.69, 9.17) is 14.7 Å². The summed E-state index contributed by atoms with van der Waals surface area (Å²) >= 11 is 0. The Hall–Kier alpha value is -3.79. The van der Waals surface area contributed by atoms with Crippen molar-refractivity contribution in [2.45, 2.75) is 6.54 Å². The smallest absolute Gasteiger partial charge is 0.277 e. The van der Waals surface area contributed by atoms with E-state index in [1.165, 1.54) is 7.11 Å². The fourth-order valence-electron chi connectivity index (χ4n) is 2.67. The minimum Gasteiger partial charge on any atom is -0.493 e. The van der Waals surface area contributed by atoms with Crippen LogP contribution in [0.5, 0.6) is 11.5 Å². The monoisotopic (exact) mass is 362 g/mol. The van der Waals surface area contributed by atoms with Crippen molar-refractivity contribution in [3.63, 3.8) is 0 Å². The number of rotatable bonds is 7. The average Bonchev–Trinajstić information content (AvgIpc) is 3.05. The zero-order valence-corrected chi connectivity index (χ0v) is 14.8. The van der Waals surface area contributed by atoms with Gasteiger partial charge in [-0.25, -0.2) is 5.43 Å². The second-order valence-electron chi connectivity index (χ2n) is 5.62. The molecular weight excluding hydrogens is 344 g/mol. The summed E-state index contributed by atoms with van der Waals surface area (Å²) in [5.41, 5.74) is 4.18. The number of carbonyl (C=O) groups excluding carboxylic acids is 1. The van der Waals surface area contributed by atoms with Crippen LogP contribution >= 0.6 is 0 Å². The van der Waals surface area contributed by atoms with Crippen molar-refractivity contribution < 1.29 is 14.3 Å². The number of para-hydroxylation sites is 3. The van der Waals surface area contributed by atoms with Gasteiger partial charge in [0.2, 0.25) is 0 Å². The lowest BCUT2D eigenvalue weighted by atomic mass is 10.2. The Balaban J connectivity index is 1.63. The first-order valence-corrected chi connectivity index (χ1v) is 8.25. The molecule has 0 atom stereocenters. The van der Waals surface area contributed by atoms with E-state index < -0.39 is 5.91 Å². The van der Waals surface area contributed by atoms with Crippen LogP contribution in [0.3, 0.4) is 0 Å². The van der Waals surface area contributed by atoms with Crippen LogP contribution in [0.25, 0.3) is 10.9 Å². The number of benzene rings is 2. The molecule has 0 saturated heterocycles. The van der Waals surface area contributed by atoms with Crippen LogP contribution in [-0.2, 0) is 11.3 Å². The van der Waals surface area contributed by atoms with Crippen molar-refractivity contribution in [1.82, 2.24) is 9.99 Å². The molecule has 0 bridgehead atoms. The van der Waals surface area contributed by atoms with Gasteiger partial charge in [0.25, 0.3) is 5.91 Å². The molecule has 3 aromatic rings. The van der Waals surface area contributed by atoms with Crippen LogP contribution in [0.15, 0.2) is 59.8 Å². The number of fused-ring (bicyclic) bond motifs is 1. The highest BCUT2D eigenvalue weighted by Crippen LogP contribution is 2.25. The number of hydrogen-bond acceptors (Lipinski definition) is 5. The van der Waals surface area contributed by atoms with Gasteiger partial charge in [-0.05, 0) is 18.2 Å². The van der Waals surface area contributed by atoms with Crippen LogP contribution in [0.4, 0.5) is 0 Å². The maximum Gasteiger partial charge on any atom is 0.277 e. The normalized spacial score (nSPS) is 10.7. The zero-order chi connectivity index (χ0) is 19.1. The van der Waals surface area contributed by atoms with Gasteiger partial charge in [0.15, 0.2) is 18.1 Å². The molecule has 3 rings (SSSR count). The number of amides is 1. The van der Waals surface area contributed by atoms with E-state index in [9.17, 15) is 4.79 Å². The first kappa shape index (κ1) is 18.0. The Morgan fingerprint density at radius 1 is 1.22 bits per heavy atom. The van der Waals surface area contributed by atoms with Crippen molar-refractivity contribution in [1.29, 1.82) is 5.26 Å². The second-order valence-corrected chi connectivity index (χ2v) is 5.62. The summed E-state index contributed by atoms with van der Waals surface area (Å²) in [7, 11) is 1.54. The highest BCUT2D eigenvalue weighted by Gasteiger charge is 2.08. The standard InChI is InChI=1S/C20H18N4O3/c1-26-18-8-4-5-9-19(18)27-14-20(25)23-22-12-15-13-24(11-10-21)17-7-3-2-6-16(15)17/h2-9,12-13H,11,14H2,1H3,(H,23,25)/b22-12+. The lowest BCUT2D eigenvalue weighted by molar-refractivity contribution is -0.123. The number of methoxy groups -OCH3 is 1. The highest BCUT2D eigenvalue weighted by molar-refractivity contribution is 5.99. The lowest BCUT2D eigenvalue weighted by Crippen LogP contribution is -2.24. The number of ether oxygens (including phenoxy) is 2. The molecule has 7 nitrogen and oxygen atoms in total. The molecule has 136 valence electrons. The third kappa shape index (κ3) is 4.25. The van der Waals surface area contributed by atoms with E-state index in [0.29, 0.717) is 11.5 Å². The van der Waals surface area contributed by atoms with E-state index in [1.807, 2.05) is 41.1 Å². The molecule has 0 spiro atoms. The largest absolute Gasteiger partial charge is 0.493 e. The van der Waals surface area contributed by atoms with Crippen molar-refractivity contribution in [3.8, 4) is 17.6 Å². The summed E-state index contributed by atoms with van der Waals surface area (Å²) in [5, 5.41) is 13.9. The van der Waals surface area contributed by atoms with Crippen LogP contribution in [-0.4, -0.2) is 30.4 Å². The third-order valence-corrected chi connectivity index (χ3v) is 3.88. The fraction of sp³-hybridized carbons (Fsp3) is 0.150. The minimum absolute atomic E-state index is 0.187. The average molecular weight is 362 g/mol. The first-order chi connectivity index (χ1) is 13.2. The molecule has 0 aliphatic carbocycles. The van der Waals surface area contributed by atoms with Crippen molar-refractivity contribution >= 4 is 23.0 Å². The van der Waals surface area contributed by atoms with Crippen molar-refractivity contribution in [2.24, 2.45) is 5.10 Å². The van der Waals surface area contributed by atoms with Gasteiger partial charge < -0.3 is 14.0 Å². The van der Waals surface area contributed by atoms with Gasteiger partial charge >= 0.3 is 0 Å². The summed E-state index contributed by atoms with van der Waals surface area (Å²) in [5.74, 6) is 0.649. The molecule has 1 amide bonds. The molecule has 0 fully saturated rings. The first-order valence-electron chi connectivity index (χ1n) is 8.25. The molecule has 2 aromatic carbocycles. The maximum atomic E-state index is 11.9. The highest BCUT2D eigenvalue weighted by atomic mass is 16.5. The zero-order valence-electron chi connectivity index (χ0n) is 14.8. The number of hydrogen-bond donors (Lipinski definition) is 1. The van der Waals surface area contributed by atoms with E-state index in [1.54, 1.807) is 24.4 Å². The van der Waals surface area contributed by atoms with Crippen LogP contribution in [0.2, 0.25) is 0 Å². The van der Waals surface area contributed by atoms with Crippen molar-refractivity contribution in [2.75, 3.05) is 13.7 Å². The van der Waals surface area contributed by atoms with E-state index in [0.717, 1.165) is 16.5 Å². The number of hydrazone groups is 1. The molecule has 7 heteroatoms. The molecule has 0 saturated carbocycles. The second kappa shape index (κ2) is 8.54. The van der Waals surface area contributed by atoms with Gasteiger partial charge in [0, 0.05) is 22.7 Å². The van der Waals surface area contributed by atoms with E-state index >= 15 is 0 Å². The Bertz CT molecular complexity index is 1020. The molecular formula is C20H18N4O3. The summed E-state index contributed by atoms with van der Waals surface area (Å²) < 4.78 is 12.5. The summed E-state index contributed by atoms with van der Waals surface area (Å²) in [6, 6.07) is 16.9. The maximum absolute atomic E-state index is 11.9. The quantitative estimate of drug-likeness (QED) is 0.517. The van der Waals surface area contributed by atoms with Gasteiger partial charge in [-0.3, -0.25) is 4.79 Å². The fourth-order valence-corrected chi connectivity index (χ4v) is 2.67. The molecule has 0 aliphatic heterocycles. The van der Waals surface area contributed by atoms with Gasteiger partial charge in [-0.1, -0.05) is 30.3 Å². The van der Waals surface area contributed by atoms with Crippen LogP contribution in [0.1, 0.15) is 5.56 Å². The number of nitrogens with one attached hydrogen (secondary N) is 1. The van der Waals surface area contributed by atoms with Crippen molar-refractivity contribution in [3.05, 3.63) is 60.3 Å². The molecule has 1 heterocycles. The summed E-state index contributed by atoms with van der Waals surface area (Å²) in [4.78, 5) is 11.9. The summed E-state index contributed by atoms with van der Waals surface area (Å²) in [6.45, 7) is 0.0569. The van der Waals surface area contributed by atoms with Gasteiger partial charge in [0.1, 0.15) is 6.54 Å². The molecule has 27 heavy (non-hydrogen) atoms. The number of nitriles is 1. The Kier molecular flexibility index (Phi) is 5.70. The third-order valence-electron chi connectivity index (χ3n) is 3.88. The predicted octanol–water partition coefficient (Wildman–Crippen LogP) is 2.70. The lowest BCUT2D eigenvalue weighted by Gasteiger charge is -2.09. The molecule has 0 aliphatic rings. The van der Waals surface area contributed by atoms with E-state index in [-0.39, 0.29) is 13.2 Å². The predicted molar refractivity (Wildman–Crippen MR) is 102 cm³/mol. The summed E-state index contributed by atoms with van der Waals surface area (Å²) in [6.07, 6.45) is 3.38.